The third-order valence-electron chi connectivity index (χ3n) is 2.10. The van der Waals surface area contributed by atoms with Gasteiger partial charge in [0.2, 0.25) is 5.82 Å². The normalized spacial score (nSPS) is 12.6. The van der Waals surface area contributed by atoms with Gasteiger partial charge in [-0.05, 0) is 28.1 Å². The van der Waals surface area contributed by atoms with E-state index >= 15 is 0 Å². The Morgan fingerprint density at radius 1 is 1.35 bits per heavy atom. The van der Waals surface area contributed by atoms with Crippen LogP contribution in [0.5, 0.6) is 5.75 Å². The zero-order valence-electron chi connectivity index (χ0n) is 9.21. The largest absolute Gasteiger partial charge is 0.478 e. The van der Waals surface area contributed by atoms with Crippen molar-refractivity contribution in [3.05, 3.63) is 28.2 Å². The molecule has 0 spiro atoms. The molecule has 0 fully saturated rings. The van der Waals surface area contributed by atoms with Crippen molar-refractivity contribution in [3.8, 4) is 5.75 Å². The first-order valence-corrected chi connectivity index (χ1v) is 5.66. The lowest BCUT2D eigenvalue weighted by Gasteiger charge is -2.18. The number of carboxylic acid groups (broad SMARTS) is 1. The fourth-order valence-electron chi connectivity index (χ4n) is 1.21. The molecule has 1 aromatic carbocycles. The summed E-state index contributed by atoms with van der Waals surface area (Å²) in [6.45, 7) is 3.23. The highest BCUT2D eigenvalue weighted by Crippen LogP contribution is 2.27. The Hall–Kier alpha value is -1.17. The minimum Gasteiger partial charge on any atom is -0.478 e. The maximum absolute atomic E-state index is 13.4. The van der Waals surface area contributed by atoms with Crippen LogP contribution in [0.1, 0.15) is 13.8 Å². The highest BCUT2D eigenvalue weighted by Gasteiger charge is 2.25. The number of ether oxygens (including phenoxy) is 1. The van der Waals surface area contributed by atoms with Crippen LogP contribution < -0.4 is 4.74 Å². The van der Waals surface area contributed by atoms with Crippen molar-refractivity contribution in [3.63, 3.8) is 0 Å². The van der Waals surface area contributed by atoms with Gasteiger partial charge in [-0.25, -0.2) is 9.18 Å². The molecule has 6 heteroatoms. The summed E-state index contributed by atoms with van der Waals surface area (Å²) in [5, 5.41) is 8.87. The average molecular weight is 309 g/mol. The molecule has 0 radical (unpaired) electrons. The van der Waals surface area contributed by atoms with E-state index < -0.39 is 29.5 Å². The van der Waals surface area contributed by atoms with Gasteiger partial charge in [-0.15, -0.1) is 0 Å². The zero-order valence-corrected chi connectivity index (χ0v) is 10.8. The molecule has 0 amide bonds. The van der Waals surface area contributed by atoms with E-state index in [0.717, 1.165) is 0 Å². The SMILES string of the molecule is CC(C)[C@H](Oc1ccc(Br)c(F)c1F)C(=O)O. The van der Waals surface area contributed by atoms with Gasteiger partial charge in [-0.2, -0.15) is 4.39 Å². The molecule has 94 valence electrons. The van der Waals surface area contributed by atoms with Crippen LogP contribution in [0.4, 0.5) is 8.78 Å². The first-order valence-electron chi connectivity index (χ1n) is 4.87. The van der Waals surface area contributed by atoms with Crippen LogP contribution in [0.2, 0.25) is 0 Å². The number of carbonyl (C=O) groups is 1. The molecule has 0 aliphatic heterocycles. The molecule has 0 bridgehead atoms. The molecule has 0 aliphatic rings. The third kappa shape index (κ3) is 3.15. The number of rotatable bonds is 4. The van der Waals surface area contributed by atoms with E-state index in [0.29, 0.717) is 0 Å². The van der Waals surface area contributed by atoms with Gasteiger partial charge >= 0.3 is 5.97 Å². The maximum Gasteiger partial charge on any atom is 0.345 e. The zero-order chi connectivity index (χ0) is 13.2. The average Bonchev–Trinajstić information content (AvgIpc) is 2.24. The third-order valence-corrected chi connectivity index (χ3v) is 2.72. The minimum absolute atomic E-state index is 0.0428. The van der Waals surface area contributed by atoms with Crippen LogP contribution >= 0.6 is 15.9 Å². The van der Waals surface area contributed by atoms with Crippen molar-refractivity contribution < 1.29 is 23.4 Å². The monoisotopic (exact) mass is 308 g/mol. The maximum atomic E-state index is 13.4. The highest BCUT2D eigenvalue weighted by atomic mass is 79.9. The number of carboxylic acids is 1. The molecule has 0 aromatic heterocycles. The fraction of sp³-hybridized carbons (Fsp3) is 0.364. The number of hydrogen-bond donors (Lipinski definition) is 1. The van der Waals surface area contributed by atoms with Gasteiger partial charge in [0.1, 0.15) is 0 Å². The van der Waals surface area contributed by atoms with Crippen LogP contribution in [-0.4, -0.2) is 17.2 Å². The van der Waals surface area contributed by atoms with E-state index in [1.807, 2.05) is 0 Å². The molecular formula is C11H11BrF2O3. The van der Waals surface area contributed by atoms with Gasteiger partial charge in [-0.1, -0.05) is 13.8 Å². The Labute approximate surface area is 106 Å². The molecule has 17 heavy (non-hydrogen) atoms. The van der Waals surface area contributed by atoms with Crippen molar-refractivity contribution >= 4 is 21.9 Å². The van der Waals surface area contributed by atoms with Crippen molar-refractivity contribution in [2.24, 2.45) is 5.92 Å². The van der Waals surface area contributed by atoms with Crippen LogP contribution in [0, 0.1) is 17.6 Å². The summed E-state index contributed by atoms with van der Waals surface area (Å²) >= 11 is 2.82. The summed E-state index contributed by atoms with van der Waals surface area (Å²) in [7, 11) is 0. The fourth-order valence-corrected chi connectivity index (χ4v) is 1.51. The van der Waals surface area contributed by atoms with E-state index in [-0.39, 0.29) is 10.4 Å². The van der Waals surface area contributed by atoms with Gasteiger partial charge < -0.3 is 9.84 Å². The molecule has 0 heterocycles. The predicted octanol–water partition coefficient (Wildman–Crippen LogP) is 3.22. The van der Waals surface area contributed by atoms with Gasteiger partial charge in [0.25, 0.3) is 0 Å². The topological polar surface area (TPSA) is 46.5 Å². The molecule has 3 nitrogen and oxygen atoms in total. The second-order valence-corrected chi connectivity index (χ2v) is 4.65. The second-order valence-electron chi connectivity index (χ2n) is 3.79. The van der Waals surface area contributed by atoms with E-state index in [2.05, 4.69) is 15.9 Å². The summed E-state index contributed by atoms with van der Waals surface area (Å²) in [6, 6.07) is 2.44. The van der Waals surface area contributed by atoms with Gasteiger partial charge in [-0.3, -0.25) is 0 Å². The van der Waals surface area contributed by atoms with Gasteiger partial charge in [0.15, 0.2) is 17.7 Å². The molecule has 1 N–H and O–H groups in total. The van der Waals surface area contributed by atoms with Crippen molar-refractivity contribution in [1.82, 2.24) is 0 Å². The standard InChI is InChI=1S/C11H11BrF2O3/c1-5(2)10(11(15)16)17-7-4-3-6(12)8(13)9(7)14/h3-5,10H,1-2H3,(H,15,16)/t10-/m0/s1. The van der Waals surface area contributed by atoms with Crippen molar-refractivity contribution in [2.45, 2.75) is 20.0 Å². The van der Waals surface area contributed by atoms with Gasteiger partial charge in [0, 0.05) is 5.92 Å². The Bertz CT molecular complexity index is 435. The number of aliphatic carboxylic acids is 1. The molecule has 1 atom stereocenters. The van der Waals surface area contributed by atoms with Crippen LogP contribution in [0.25, 0.3) is 0 Å². The minimum atomic E-state index is -1.22. The molecule has 1 aromatic rings. The van der Waals surface area contributed by atoms with Crippen LogP contribution in [-0.2, 0) is 4.79 Å². The second kappa shape index (κ2) is 5.44. The predicted molar refractivity (Wildman–Crippen MR) is 60.9 cm³/mol. The molecule has 0 aliphatic carbocycles. The lowest BCUT2D eigenvalue weighted by atomic mass is 10.1. The van der Waals surface area contributed by atoms with Crippen LogP contribution in [0.15, 0.2) is 16.6 Å². The smallest absolute Gasteiger partial charge is 0.345 e. The van der Waals surface area contributed by atoms with E-state index in [1.54, 1.807) is 13.8 Å². The van der Waals surface area contributed by atoms with Gasteiger partial charge in [0.05, 0.1) is 4.47 Å². The first-order chi connectivity index (χ1) is 7.84. The molecule has 0 saturated carbocycles. The summed E-state index contributed by atoms with van der Waals surface area (Å²) in [5.41, 5.74) is 0. The lowest BCUT2D eigenvalue weighted by molar-refractivity contribution is -0.147. The van der Waals surface area contributed by atoms with Crippen molar-refractivity contribution in [1.29, 1.82) is 0 Å². The number of hydrogen-bond acceptors (Lipinski definition) is 2. The number of halogens is 3. The summed E-state index contributed by atoms with van der Waals surface area (Å²) in [4.78, 5) is 10.9. The van der Waals surface area contributed by atoms with Crippen molar-refractivity contribution in [2.75, 3.05) is 0 Å². The quantitative estimate of drug-likeness (QED) is 0.869. The van der Waals surface area contributed by atoms with E-state index in [9.17, 15) is 13.6 Å². The molecule has 1 rings (SSSR count). The number of benzene rings is 1. The molecular weight excluding hydrogens is 298 g/mol. The molecule has 0 unspecified atom stereocenters. The Morgan fingerprint density at radius 3 is 2.41 bits per heavy atom. The summed E-state index contributed by atoms with van der Waals surface area (Å²) < 4.78 is 31.5. The molecule has 0 saturated heterocycles. The first kappa shape index (κ1) is 13.9. The summed E-state index contributed by atoms with van der Waals surface area (Å²) in [5.74, 6) is -4.30. The Balaban J connectivity index is 3.02. The van der Waals surface area contributed by atoms with Crippen LogP contribution in [0.3, 0.4) is 0 Å². The summed E-state index contributed by atoms with van der Waals surface area (Å²) in [6.07, 6.45) is -1.22. The highest BCUT2D eigenvalue weighted by molar-refractivity contribution is 9.10. The Morgan fingerprint density at radius 2 is 1.94 bits per heavy atom. The van der Waals surface area contributed by atoms with E-state index in [4.69, 9.17) is 9.84 Å². The Kier molecular flexibility index (Phi) is 4.45. The van der Waals surface area contributed by atoms with E-state index in [1.165, 1.54) is 12.1 Å². The lowest BCUT2D eigenvalue weighted by Crippen LogP contribution is -2.32.